The van der Waals surface area contributed by atoms with E-state index in [0.717, 1.165) is 11.3 Å². The molecule has 0 saturated carbocycles. The Balaban J connectivity index is 2.25. The van der Waals surface area contributed by atoms with Crippen molar-refractivity contribution in [1.82, 2.24) is 4.98 Å². The number of amidine groups is 1. The van der Waals surface area contributed by atoms with Gasteiger partial charge in [-0.25, -0.2) is 4.39 Å². The largest absolute Gasteiger partial charge is 0.384 e. The minimum absolute atomic E-state index is 0.0137. The number of benzene rings is 1. The Labute approximate surface area is 111 Å². The molecule has 1 aromatic heterocycles. The summed E-state index contributed by atoms with van der Waals surface area (Å²) in [6, 6.07) is 8.82. The maximum Gasteiger partial charge on any atom is 0.141 e. The predicted octanol–water partition coefficient (Wildman–Crippen LogP) is 2.14. The lowest BCUT2D eigenvalue weighted by Crippen LogP contribution is -2.22. The molecule has 0 fully saturated rings. The first kappa shape index (κ1) is 13.0. The van der Waals surface area contributed by atoms with Gasteiger partial charge in [0.2, 0.25) is 0 Å². The van der Waals surface area contributed by atoms with Crippen LogP contribution >= 0.6 is 0 Å². The molecule has 2 aromatic rings. The molecule has 19 heavy (non-hydrogen) atoms. The molecule has 2 rings (SSSR count). The Morgan fingerprint density at radius 3 is 2.79 bits per heavy atom. The van der Waals surface area contributed by atoms with Crippen molar-refractivity contribution in [3.05, 3.63) is 59.7 Å². The number of nitrogens with one attached hydrogen (secondary N) is 1. The van der Waals surface area contributed by atoms with Crippen molar-refractivity contribution in [3.63, 3.8) is 0 Å². The van der Waals surface area contributed by atoms with Crippen LogP contribution in [0.3, 0.4) is 0 Å². The number of hydrogen-bond donors (Lipinski definition) is 2. The fraction of sp³-hybridized carbons (Fsp3) is 0.143. The van der Waals surface area contributed by atoms with Gasteiger partial charge < -0.3 is 10.6 Å². The lowest BCUT2D eigenvalue weighted by atomic mass is 10.1. The summed E-state index contributed by atoms with van der Waals surface area (Å²) in [6.45, 7) is 0.495. The van der Waals surface area contributed by atoms with E-state index in [2.05, 4.69) is 4.98 Å². The Morgan fingerprint density at radius 1 is 1.37 bits per heavy atom. The average molecular weight is 258 g/mol. The number of pyridine rings is 1. The van der Waals surface area contributed by atoms with Crippen LogP contribution < -0.4 is 10.6 Å². The van der Waals surface area contributed by atoms with Crippen molar-refractivity contribution >= 4 is 11.5 Å². The summed E-state index contributed by atoms with van der Waals surface area (Å²) >= 11 is 0. The second-order valence-electron chi connectivity index (χ2n) is 4.30. The fourth-order valence-corrected chi connectivity index (χ4v) is 1.94. The molecule has 0 atom stereocenters. The maximum atomic E-state index is 13.1. The zero-order valence-electron chi connectivity index (χ0n) is 10.6. The normalized spacial score (nSPS) is 10.2. The predicted molar refractivity (Wildman–Crippen MR) is 73.8 cm³/mol. The van der Waals surface area contributed by atoms with Crippen LogP contribution in [0.5, 0.6) is 0 Å². The van der Waals surface area contributed by atoms with E-state index in [9.17, 15) is 4.39 Å². The van der Waals surface area contributed by atoms with E-state index < -0.39 is 0 Å². The molecule has 5 heteroatoms. The number of para-hydroxylation sites is 1. The highest BCUT2D eigenvalue weighted by Gasteiger charge is 2.09. The van der Waals surface area contributed by atoms with Gasteiger partial charge in [-0.05, 0) is 23.8 Å². The van der Waals surface area contributed by atoms with Crippen molar-refractivity contribution in [1.29, 1.82) is 5.41 Å². The lowest BCUT2D eigenvalue weighted by molar-refractivity contribution is 0.618. The van der Waals surface area contributed by atoms with E-state index in [4.69, 9.17) is 11.1 Å². The molecule has 98 valence electrons. The molecule has 1 heterocycles. The van der Waals surface area contributed by atoms with Crippen LogP contribution in [0.25, 0.3) is 0 Å². The number of aromatic nitrogens is 1. The average Bonchev–Trinajstić information content (AvgIpc) is 2.38. The number of nitrogen functional groups attached to an aromatic ring is 1. The molecule has 0 saturated heterocycles. The van der Waals surface area contributed by atoms with Crippen LogP contribution in [0.1, 0.15) is 11.1 Å². The number of halogens is 1. The molecule has 0 radical (unpaired) electrons. The quantitative estimate of drug-likeness (QED) is 0.652. The Morgan fingerprint density at radius 2 is 2.11 bits per heavy atom. The SMILES string of the molecule is CN(Cc1cncc(F)c1)c1ccccc1C(=N)N. The van der Waals surface area contributed by atoms with E-state index in [0.29, 0.717) is 12.1 Å². The van der Waals surface area contributed by atoms with E-state index in [1.807, 2.05) is 30.1 Å². The first-order chi connectivity index (χ1) is 9.08. The third kappa shape index (κ3) is 3.07. The smallest absolute Gasteiger partial charge is 0.141 e. The van der Waals surface area contributed by atoms with Gasteiger partial charge in [0.1, 0.15) is 11.7 Å². The van der Waals surface area contributed by atoms with Gasteiger partial charge in [0.25, 0.3) is 0 Å². The van der Waals surface area contributed by atoms with Crippen molar-refractivity contribution in [3.8, 4) is 0 Å². The third-order valence-electron chi connectivity index (χ3n) is 2.79. The van der Waals surface area contributed by atoms with Gasteiger partial charge in [-0.15, -0.1) is 0 Å². The van der Waals surface area contributed by atoms with Crippen LogP contribution in [0.2, 0.25) is 0 Å². The molecule has 1 aromatic carbocycles. The van der Waals surface area contributed by atoms with Crippen molar-refractivity contribution in [2.45, 2.75) is 6.54 Å². The zero-order valence-corrected chi connectivity index (χ0v) is 10.6. The lowest BCUT2D eigenvalue weighted by Gasteiger charge is -2.22. The van der Waals surface area contributed by atoms with Crippen LogP contribution in [0.4, 0.5) is 10.1 Å². The maximum absolute atomic E-state index is 13.1. The molecule has 4 nitrogen and oxygen atoms in total. The summed E-state index contributed by atoms with van der Waals surface area (Å²) in [7, 11) is 1.87. The van der Waals surface area contributed by atoms with Gasteiger partial charge >= 0.3 is 0 Å². The highest BCUT2D eigenvalue weighted by molar-refractivity contribution is 6.00. The standard InChI is InChI=1S/C14H15FN4/c1-19(9-10-6-11(15)8-18-7-10)13-5-3-2-4-12(13)14(16)17/h2-8H,9H2,1H3,(H3,16,17). The van der Waals surface area contributed by atoms with Gasteiger partial charge in [0.05, 0.1) is 6.20 Å². The molecule has 0 aliphatic heterocycles. The van der Waals surface area contributed by atoms with Gasteiger partial charge in [-0.3, -0.25) is 10.4 Å². The molecule has 3 N–H and O–H groups in total. The minimum atomic E-state index is -0.356. The number of hydrogen-bond acceptors (Lipinski definition) is 3. The molecular formula is C14H15FN4. The van der Waals surface area contributed by atoms with Crippen LogP contribution in [-0.4, -0.2) is 17.9 Å². The Hall–Kier alpha value is -2.43. The summed E-state index contributed by atoms with van der Waals surface area (Å²) in [6.07, 6.45) is 2.79. The van der Waals surface area contributed by atoms with Crippen LogP contribution in [-0.2, 0) is 6.54 Å². The number of anilines is 1. The molecule has 0 aliphatic carbocycles. The second-order valence-corrected chi connectivity index (χ2v) is 4.30. The number of nitrogens with zero attached hydrogens (tertiary/aromatic N) is 2. The van der Waals surface area contributed by atoms with Crippen LogP contribution in [0, 0.1) is 11.2 Å². The molecule has 0 amide bonds. The second kappa shape index (κ2) is 5.48. The zero-order chi connectivity index (χ0) is 13.8. The van der Waals surface area contributed by atoms with Crippen molar-refractivity contribution < 1.29 is 4.39 Å². The highest BCUT2D eigenvalue weighted by atomic mass is 19.1. The first-order valence-corrected chi connectivity index (χ1v) is 5.82. The summed E-state index contributed by atoms with van der Waals surface area (Å²) < 4.78 is 13.1. The van der Waals surface area contributed by atoms with Gasteiger partial charge in [0.15, 0.2) is 0 Å². The molecule has 0 spiro atoms. The molecule has 0 bridgehead atoms. The Kier molecular flexibility index (Phi) is 3.75. The number of rotatable bonds is 4. The van der Waals surface area contributed by atoms with Crippen LogP contribution in [0.15, 0.2) is 42.7 Å². The summed E-state index contributed by atoms with van der Waals surface area (Å²) in [5.41, 5.74) is 7.81. The highest BCUT2D eigenvalue weighted by Crippen LogP contribution is 2.20. The molecule has 0 aliphatic rings. The minimum Gasteiger partial charge on any atom is -0.384 e. The summed E-state index contributed by atoms with van der Waals surface area (Å²) in [4.78, 5) is 5.73. The van der Waals surface area contributed by atoms with Gasteiger partial charge in [-0.1, -0.05) is 12.1 Å². The van der Waals surface area contributed by atoms with E-state index in [1.54, 1.807) is 12.3 Å². The topological polar surface area (TPSA) is 66.0 Å². The first-order valence-electron chi connectivity index (χ1n) is 5.82. The van der Waals surface area contributed by atoms with E-state index >= 15 is 0 Å². The van der Waals surface area contributed by atoms with E-state index in [1.165, 1.54) is 12.3 Å². The van der Waals surface area contributed by atoms with Gasteiger partial charge in [-0.2, -0.15) is 0 Å². The van der Waals surface area contributed by atoms with Crippen molar-refractivity contribution in [2.24, 2.45) is 5.73 Å². The molecule has 0 unspecified atom stereocenters. The fourth-order valence-electron chi connectivity index (χ4n) is 1.94. The molecular weight excluding hydrogens is 243 g/mol. The summed E-state index contributed by atoms with van der Waals surface area (Å²) in [5.74, 6) is -0.342. The third-order valence-corrected chi connectivity index (χ3v) is 2.79. The number of nitrogens with two attached hydrogens (primary N) is 1. The Bertz CT molecular complexity index is 598. The monoisotopic (exact) mass is 258 g/mol. The summed E-state index contributed by atoms with van der Waals surface area (Å²) in [5, 5.41) is 7.56. The van der Waals surface area contributed by atoms with E-state index in [-0.39, 0.29) is 11.7 Å². The van der Waals surface area contributed by atoms with Crippen molar-refractivity contribution in [2.75, 3.05) is 11.9 Å². The van der Waals surface area contributed by atoms with Gasteiger partial charge in [0, 0.05) is 31.0 Å².